The summed E-state index contributed by atoms with van der Waals surface area (Å²) in [6.07, 6.45) is 3.11. The van der Waals surface area contributed by atoms with E-state index in [0.29, 0.717) is 11.0 Å². The molecular formula is C11H24N2OS. The third kappa shape index (κ3) is 8.78. The first-order valence-electron chi connectivity index (χ1n) is 5.64. The molecule has 3 nitrogen and oxygen atoms in total. The van der Waals surface area contributed by atoms with Gasteiger partial charge in [-0.25, -0.2) is 0 Å². The molecule has 0 aliphatic carbocycles. The van der Waals surface area contributed by atoms with E-state index in [4.69, 9.17) is 22.7 Å². The van der Waals surface area contributed by atoms with Crippen LogP contribution in [0, 0.1) is 0 Å². The van der Waals surface area contributed by atoms with E-state index >= 15 is 0 Å². The second-order valence-corrected chi connectivity index (χ2v) is 4.49. The maximum absolute atomic E-state index is 5.50. The summed E-state index contributed by atoms with van der Waals surface area (Å²) in [6, 6.07) is 0.400. The van der Waals surface area contributed by atoms with Gasteiger partial charge in [0.15, 0.2) is 0 Å². The second-order valence-electron chi connectivity index (χ2n) is 3.97. The third-order valence-electron chi connectivity index (χ3n) is 2.48. The van der Waals surface area contributed by atoms with Crippen molar-refractivity contribution in [2.24, 2.45) is 5.73 Å². The van der Waals surface area contributed by atoms with Crippen molar-refractivity contribution < 1.29 is 4.74 Å². The first-order chi connectivity index (χ1) is 7.07. The smallest absolute Gasteiger partial charge is 0.0742 e. The van der Waals surface area contributed by atoms with Gasteiger partial charge in [-0.15, -0.1) is 0 Å². The largest absolute Gasteiger partial charge is 0.393 e. The number of hydrogen-bond donors (Lipinski definition) is 1. The Bertz CT molecular complexity index is 176. The van der Waals surface area contributed by atoms with E-state index in [1.165, 1.54) is 6.42 Å². The minimum absolute atomic E-state index is 0.400. The maximum atomic E-state index is 5.50. The lowest BCUT2D eigenvalue weighted by atomic mass is 10.2. The van der Waals surface area contributed by atoms with Crippen molar-refractivity contribution >= 4 is 17.2 Å². The molecule has 15 heavy (non-hydrogen) atoms. The van der Waals surface area contributed by atoms with Gasteiger partial charge in [0.2, 0.25) is 0 Å². The molecular weight excluding hydrogens is 208 g/mol. The van der Waals surface area contributed by atoms with E-state index < -0.39 is 0 Å². The Kier molecular flexibility index (Phi) is 8.95. The SMILES string of the molecule is CCCCOCCN(C)C(C)CC(N)=S. The van der Waals surface area contributed by atoms with Crippen LogP contribution in [-0.2, 0) is 4.74 Å². The Morgan fingerprint density at radius 3 is 2.67 bits per heavy atom. The molecule has 1 unspecified atom stereocenters. The molecule has 4 heteroatoms. The lowest BCUT2D eigenvalue weighted by molar-refractivity contribution is 0.0997. The summed E-state index contributed by atoms with van der Waals surface area (Å²) in [5.74, 6) is 0. The van der Waals surface area contributed by atoms with Crippen LogP contribution >= 0.6 is 12.2 Å². The minimum atomic E-state index is 0.400. The Morgan fingerprint density at radius 1 is 1.47 bits per heavy atom. The van der Waals surface area contributed by atoms with Crippen molar-refractivity contribution in [1.29, 1.82) is 0 Å². The highest BCUT2D eigenvalue weighted by Crippen LogP contribution is 2.00. The summed E-state index contributed by atoms with van der Waals surface area (Å²) < 4.78 is 5.49. The van der Waals surface area contributed by atoms with Crippen molar-refractivity contribution in [1.82, 2.24) is 4.90 Å². The molecule has 0 radical (unpaired) electrons. The molecule has 0 heterocycles. The fraction of sp³-hybridized carbons (Fsp3) is 0.909. The lowest BCUT2D eigenvalue weighted by Gasteiger charge is -2.24. The molecule has 90 valence electrons. The molecule has 0 rings (SSSR count). The molecule has 1 atom stereocenters. The first kappa shape index (κ1) is 14.8. The molecule has 0 aliphatic heterocycles. The van der Waals surface area contributed by atoms with Crippen LogP contribution in [0.15, 0.2) is 0 Å². The van der Waals surface area contributed by atoms with Crippen molar-refractivity contribution in [2.45, 2.75) is 39.2 Å². The zero-order valence-electron chi connectivity index (χ0n) is 10.2. The van der Waals surface area contributed by atoms with E-state index in [-0.39, 0.29) is 0 Å². The van der Waals surface area contributed by atoms with E-state index in [1.54, 1.807) is 0 Å². The van der Waals surface area contributed by atoms with Gasteiger partial charge >= 0.3 is 0 Å². The summed E-state index contributed by atoms with van der Waals surface area (Å²) in [6.45, 7) is 6.89. The Balaban J connectivity index is 3.46. The van der Waals surface area contributed by atoms with Crippen LogP contribution < -0.4 is 5.73 Å². The average Bonchev–Trinajstić information content (AvgIpc) is 2.16. The minimum Gasteiger partial charge on any atom is -0.393 e. The number of rotatable bonds is 9. The topological polar surface area (TPSA) is 38.5 Å². The van der Waals surface area contributed by atoms with Gasteiger partial charge in [0.1, 0.15) is 0 Å². The van der Waals surface area contributed by atoms with Gasteiger partial charge in [0, 0.05) is 25.6 Å². The fourth-order valence-corrected chi connectivity index (χ4v) is 1.47. The van der Waals surface area contributed by atoms with Gasteiger partial charge in [-0.05, 0) is 20.4 Å². The van der Waals surface area contributed by atoms with Gasteiger partial charge in [0.05, 0.1) is 11.6 Å². The van der Waals surface area contributed by atoms with Crippen molar-refractivity contribution in [2.75, 3.05) is 26.8 Å². The monoisotopic (exact) mass is 232 g/mol. The van der Waals surface area contributed by atoms with Gasteiger partial charge < -0.3 is 15.4 Å². The van der Waals surface area contributed by atoms with Crippen LogP contribution in [0.25, 0.3) is 0 Å². The predicted octanol–water partition coefficient (Wildman–Crippen LogP) is 1.80. The molecule has 0 bridgehead atoms. The molecule has 2 N–H and O–H groups in total. The molecule has 0 aliphatic rings. The summed E-state index contributed by atoms with van der Waals surface area (Å²) in [5.41, 5.74) is 5.50. The summed E-state index contributed by atoms with van der Waals surface area (Å²) in [7, 11) is 2.08. The third-order valence-corrected chi connectivity index (χ3v) is 2.65. The summed E-state index contributed by atoms with van der Waals surface area (Å²) in [4.78, 5) is 2.81. The van der Waals surface area contributed by atoms with Crippen molar-refractivity contribution in [3.63, 3.8) is 0 Å². The standard InChI is InChI=1S/C11H24N2OS/c1-4-5-7-14-8-6-13(3)10(2)9-11(12)15/h10H,4-9H2,1-3H3,(H2,12,15). The normalized spacial score (nSPS) is 13.1. The Hall–Kier alpha value is -0.190. The number of nitrogens with two attached hydrogens (primary N) is 1. The van der Waals surface area contributed by atoms with Crippen LogP contribution in [0.3, 0.4) is 0 Å². The summed E-state index contributed by atoms with van der Waals surface area (Å²) >= 11 is 4.88. The molecule has 0 amide bonds. The van der Waals surface area contributed by atoms with Gasteiger partial charge in [-0.3, -0.25) is 0 Å². The van der Waals surface area contributed by atoms with Crippen LogP contribution in [0.1, 0.15) is 33.1 Å². The van der Waals surface area contributed by atoms with Gasteiger partial charge in [-0.1, -0.05) is 25.6 Å². The second kappa shape index (κ2) is 9.07. The quantitative estimate of drug-likeness (QED) is 0.486. The van der Waals surface area contributed by atoms with Gasteiger partial charge in [-0.2, -0.15) is 0 Å². The molecule has 0 saturated carbocycles. The number of likely N-dealkylation sites (N-methyl/N-ethyl adjacent to an activating group) is 1. The molecule has 0 aromatic carbocycles. The van der Waals surface area contributed by atoms with Gasteiger partial charge in [0.25, 0.3) is 0 Å². The van der Waals surface area contributed by atoms with Crippen LogP contribution in [0.5, 0.6) is 0 Å². The first-order valence-corrected chi connectivity index (χ1v) is 6.05. The highest BCUT2D eigenvalue weighted by Gasteiger charge is 2.09. The van der Waals surface area contributed by atoms with E-state index in [9.17, 15) is 0 Å². The number of nitrogens with zero attached hydrogens (tertiary/aromatic N) is 1. The molecule has 0 saturated heterocycles. The highest BCUT2D eigenvalue weighted by atomic mass is 32.1. The van der Waals surface area contributed by atoms with Crippen LogP contribution in [0.2, 0.25) is 0 Å². The van der Waals surface area contributed by atoms with E-state index in [0.717, 1.165) is 32.6 Å². The number of unbranched alkanes of at least 4 members (excludes halogenated alkanes) is 1. The van der Waals surface area contributed by atoms with E-state index in [1.807, 2.05) is 0 Å². The predicted molar refractivity (Wildman–Crippen MR) is 69.2 cm³/mol. The van der Waals surface area contributed by atoms with Crippen molar-refractivity contribution in [3.8, 4) is 0 Å². The summed E-state index contributed by atoms with van der Waals surface area (Å²) in [5, 5.41) is 0. The number of ether oxygens (including phenoxy) is 1. The average molecular weight is 232 g/mol. The lowest BCUT2D eigenvalue weighted by Crippen LogP contribution is -2.34. The molecule has 0 aromatic heterocycles. The molecule has 0 aromatic rings. The number of hydrogen-bond acceptors (Lipinski definition) is 3. The molecule has 0 spiro atoms. The van der Waals surface area contributed by atoms with E-state index in [2.05, 4.69) is 25.8 Å². The highest BCUT2D eigenvalue weighted by molar-refractivity contribution is 7.80. The Morgan fingerprint density at radius 2 is 2.13 bits per heavy atom. The fourth-order valence-electron chi connectivity index (χ4n) is 1.22. The van der Waals surface area contributed by atoms with Crippen LogP contribution in [-0.4, -0.2) is 42.7 Å². The Labute approximate surface area is 99.0 Å². The zero-order chi connectivity index (χ0) is 11.7. The number of thiocarbonyl (C=S) groups is 1. The zero-order valence-corrected chi connectivity index (χ0v) is 11.0. The van der Waals surface area contributed by atoms with Crippen LogP contribution in [0.4, 0.5) is 0 Å². The van der Waals surface area contributed by atoms with Crippen molar-refractivity contribution in [3.05, 3.63) is 0 Å². The maximum Gasteiger partial charge on any atom is 0.0742 e. The molecule has 0 fully saturated rings.